The third-order valence-electron chi connectivity index (χ3n) is 2.01. The second-order valence-corrected chi connectivity index (χ2v) is 4.13. The number of aromatic nitrogens is 1. The number of aryl methyl sites for hydroxylation is 1. The molecule has 17 heavy (non-hydrogen) atoms. The number of esters is 1. The van der Waals surface area contributed by atoms with Crippen molar-refractivity contribution in [1.82, 2.24) is 9.88 Å². The Morgan fingerprint density at radius 2 is 2.24 bits per heavy atom. The van der Waals surface area contributed by atoms with Crippen LogP contribution in [0.2, 0.25) is 0 Å². The Morgan fingerprint density at radius 3 is 2.76 bits per heavy atom. The van der Waals surface area contributed by atoms with Crippen molar-refractivity contribution in [3.8, 4) is 0 Å². The minimum Gasteiger partial charge on any atom is -0.465 e. The molecule has 0 atom stereocenters. The molecular weight excluding hydrogens is 244 g/mol. The summed E-state index contributed by atoms with van der Waals surface area (Å²) in [6.07, 6.45) is 0. The lowest BCUT2D eigenvalue weighted by Crippen LogP contribution is -2.35. The normalized spacial score (nSPS) is 10.0. The van der Waals surface area contributed by atoms with E-state index in [0.29, 0.717) is 0 Å². The van der Waals surface area contributed by atoms with E-state index in [-0.39, 0.29) is 30.5 Å². The maximum Gasteiger partial charge on any atom is 0.325 e. The van der Waals surface area contributed by atoms with Gasteiger partial charge in [0.1, 0.15) is 13.1 Å². The zero-order chi connectivity index (χ0) is 12.8. The number of hydrogen-bond acceptors (Lipinski definition) is 5. The van der Waals surface area contributed by atoms with Crippen molar-refractivity contribution in [2.75, 3.05) is 13.2 Å². The van der Waals surface area contributed by atoms with Crippen LogP contribution in [0.5, 0.6) is 0 Å². The van der Waals surface area contributed by atoms with E-state index in [0.717, 1.165) is 17.0 Å². The van der Waals surface area contributed by atoms with Crippen LogP contribution in [0.25, 0.3) is 0 Å². The van der Waals surface area contributed by atoms with Crippen molar-refractivity contribution in [1.29, 1.82) is 0 Å². The molecule has 0 bridgehead atoms. The zero-order valence-electron chi connectivity index (χ0n) is 9.69. The van der Waals surface area contributed by atoms with Gasteiger partial charge >= 0.3 is 10.8 Å². The van der Waals surface area contributed by atoms with Crippen LogP contribution in [0.4, 0.5) is 0 Å². The first kappa shape index (κ1) is 13.4. The first-order chi connectivity index (χ1) is 8.04. The molecule has 0 aliphatic carbocycles. The summed E-state index contributed by atoms with van der Waals surface area (Å²) in [4.78, 5) is 33.6. The molecule has 1 aromatic rings. The van der Waals surface area contributed by atoms with Crippen LogP contribution < -0.4 is 10.2 Å². The number of nitrogens with zero attached hydrogens (tertiary/aromatic N) is 1. The SMILES string of the molecule is CCOC(=O)CNC(=O)Cn1c(C)csc1=O. The van der Waals surface area contributed by atoms with Crippen LogP contribution in [-0.4, -0.2) is 29.6 Å². The molecule has 0 aliphatic heterocycles. The fraction of sp³-hybridized carbons (Fsp3) is 0.500. The van der Waals surface area contributed by atoms with E-state index in [9.17, 15) is 14.4 Å². The summed E-state index contributed by atoms with van der Waals surface area (Å²) < 4.78 is 6.01. The van der Waals surface area contributed by atoms with Gasteiger partial charge < -0.3 is 10.1 Å². The summed E-state index contributed by atoms with van der Waals surface area (Å²) >= 11 is 1.04. The van der Waals surface area contributed by atoms with Gasteiger partial charge in [0.25, 0.3) is 0 Å². The Bertz CT molecular complexity index is 463. The Balaban J connectivity index is 2.46. The number of amides is 1. The van der Waals surface area contributed by atoms with Gasteiger partial charge in [0, 0.05) is 11.1 Å². The molecule has 0 spiro atoms. The Morgan fingerprint density at radius 1 is 1.53 bits per heavy atom. The molecule has 0 unspecified atom stereocenters. The second kappa shape index (κ2) is 6.19. The van der Waals surface area contributed by atoms with Crippen molar-refractivity contribution in [3.05, 3.63) is 20.7 Å². The van der Waals surface area contributed by atoms with Gasteiger partial charge in [-0.05, 0) is 13.8 Å². The maximum absolute atomic E-state index is 11.4. The lowest BCUT2D eigenvalue weighted by atomic mass is 10.5. The molecule has 1 heterocycles. The molecule has 1 rings (SSSR count). The summed E-state index contributed by atoms with van der Waals surface area (Å²) in [5.74, 6) is -0.878. The third-order valence-corrected chi connectivity index (χ3v) is 2.89. The number of thiazole rings is 1. The van der Waals surface area contributed by atoms with Gasteiger partial charge in [-0.15, -0.1) is 0 Å². The molecule has 0 aliphatic rings. The van der Waals surface area contributed by atoms with Gasteiger partial charge in [-0.3, -0.25) is 19.0 Å². The smallest absolute Gasteiger partial charge is 0.325 e. The van der Waals surface area contributed by atoms with E-state index in [1.807, 2.05) is 0 Å². The van der Waals surface area contributed by atoms with Crippen LogP contribution in [0, 0.1) is 6.92 Å². The van der Waals surface area contributed by atoms with Gasteiger partial charge in [0.2, 0.25) is 5.91 Å². The molecule has 94 valence electrons. The molecule has 0 fully saturated rings. The van der Waals surface area contributed by atoms with Gasteiger partial charge in [-0.1, -0.05) is 11.3 Å². The molecule has 0 radical (unpaired) electrons. The van der Waals surface area contributed by atoms with Crippen LogP contribution in [0.1, 0.15) is 12.6 Å². The summed E-state index contributed by atoms with van der Waals surface area (Å²) in [6, 6.07) is 0. The van der Waals surface area contributed by atoms with E-state index in [4.69, 9.17) is 0 Å². The summed E-state index contributed by atoms with van der Waals surface area (Å²) in [5, 5.41) is 4.07. The van der Waals surface area contributed by atoms with Gasteiger partial charge in [-0.2, -0.15) is 0 Å². The fourth-order valence-corrected chi connectivity index (χ4v) is 1.91. The summed E-state index contributed by atoms with van der Waals surface area (Å²) in [5.41, 5.74) is 0.728. The van der Waals surface area contributed by atoms with Crippen molar-refractivity contribution >= 4 is 23.2 Å². The first-order valence-electron chi connectivity index (χ1n) is 5.11. The number of nitrogens with one attached hydrogen (secondary N) is 1. The molecule has 1 N–H and O–H groups in total. The average molecular weight is 258 g/mol. The average Bonchev–Trinajstić information content (AvgIpc) is 2.58. The number of hydrogen-bond donors (Lipinski definition) is 1. The number of rotatable bonds is 5. The highest BCUT2D eigenvalue weighted by atomic mass is 32.1. The second-order valence-electron chi connectivity index (χ2n) is 3.31. The Kier molecular flexibility index (Phi) is 4.89. The van der Waals surface area contributed by atoms with Crippen molar-refractivity contribution in [3.63, 3.8) is 0 Å². The largest absolute Gasteiger partial charge is 0.465 e. The fourth-order valence-electron chi connectivity index (χ4n) is 1.18. The molecule has 0 saturated heterocycles. The maximum atomic E-state index is 11.4. The highest BCUT2D eigenvalue weighted by Crippen LogP contribution is 1.98. The Hall–Kier alpha value is -1.63. The van der Waals surface area contributed by atoms with Crippen molar-refractivity contribution in [2.45, 2.75) is 20.4 Å². The van der Waals surface area contributed by atoms with E-state index in [1.165, 1.54) is 4.57 Å². The van der Waals surface area contributed by atoms with Gasteiger partial charge in [0.15, 0.2) is 0 Å². The highest BCUT2D eigenvalue weighted by Gasteiger charge is 2.09. The van der Waals surface area contributed by atoms with Crippen LogP contribution in [0.3, 0.4) is 0 Å². The molecule has 1 aromatic heterocycles. The van der Waals surface area contributed by atoms with Crippen molar-refractivity contribution < 1.29 is 14.3 Å². The molecule has 0 aromatic carbocycles. The standard InChI is InChI=1S/C10H14N2O4S/c1-3-16-9(14)4-11-8(13)5-12-7(2)6-17-10(12)15/h6H,3-5H2,1-2H3,(H,11,13). The zero-order valence-corrected chi connectivity index (χ0v) is 10.5. The van der Waals surface area contributed by atoms with E-state index >= 15 is 0 Å². The minimum atomic E-state index is -0.491. The predicted octanol–water partition coefficient (Wildman–Crippen LogP) is -0.102. The monoisotopic (exact) mass is 258 g/mol. The molecule has 6 nitrogen and oxygen atoms in total. The number of carbonyl (C=O) groups excluding carboxylic acids is 2. The highest BCUT2D eigenvalue weighted by molar-refractivity contribution is 7.07. The summed E-state index contributed by atoms with van der Waals surface area (Å²) in [7, 11) is 0. The lowest BCUT2D eigenvalue weighted by Gasteiger charge is -2.06. The minimum absolute atomic E-state index is 0.0758. The third kappa shape index (κ3) is 4.03. The summed E-state index contributed by atoms with van der Waals surface area (Å²) in [6.45, 7) is 3.46. The lowest BCUT2D eigenvalue weighted by molar-refractivity contribution is -0.143. The molecular formula is C10H14N2O4S. The van der Waals surface area contributed by atoms with Crippen LogP contribution >= 0.6 is 11.3 Å². The van der Waals surface area contributed by atoms with E-state index in [1.54, 1.807) is 19.2 Å². The van der Waals surface area contributed by atoms with E-state index < -0.39 is 5.97 Å². The number of carbonyl (C=O) groups is 2. The Labute approximate surface area is 102 Å². The number of ether oxygens (including phenoxy) is 1. The molecule has 7 heteroatoms. The quantitative estimate of drug-likeness (QED) is 0.748. The van der Waals surface area contributed by atoms with E-state index in [2.05, 4.69) is 10.1 Å². The molecule has 0 saturated carbocycles. The predicted molar refractivity (Wildman–Crippen MR) is 63.0 cm³/mol. The van der Waals surface area contributed by atoms with Crippen LogP contribution in [-0.2, 0) is 20.9 Å². The van der Waals surface area contributed by atoms with Gasteiger partial charge in [-0.25, -0.2) is 0 Å². The van der Waals surface area contributed by atoms with Gasteiger partial charge in [0.05, 0.1) is 6.61 Å². The topological polar surface area (TPSA) is 77.4 Å². The van der Waals surface area contributed by atoms with Crippen molar-refractivity contribution in [2.24, 2.45) is 0 Å². The first-order valence-corrected chi connectivity index (χ1v) is 5.99. The molecule has 1 amide bonds. The van der Waals surface area contributed by atoms with Crippen LogP contribution in [0.15, 0.2) is 10.2 Å².